The second kappa shape index (κ2) is 3.45. The van der Waals surface area contributed by atoms with Gasteiger partial charge < -0.3 is 5.32 Å². The molecule has 17 heavy (non-hydrogen) atoms. The Morgan fingerprint density at radius 3 is 2.65 bits per heavy atom. The first-order valence-corrected chi connectivity index (χ1v) is 7.32. The highest BCUT2D eigenvalue weighted by Gasteiger charge is 2.50. The molecule has 5 heteroatoms. The molecule has 0 unspecified atom stereocenters. The van der Waals surface area contributed by atoms with Gasteiger partial charge in [0.05, 0.1) is 10.4 Å². The van der Waals surface area contributed by atoms with Gasteiger partial charge in [0.15, 0.2) is 9.84 Å². The number of fused-ring (bicyclic) bond motifs is 1. The van der Waals surface area contributed by atoms with Crippen molar-refractivity contribution < 1.29 is 12.8 Å². The van der Waals surface area contributed by atoms with Gasteiger partial charge in [0.25, 0.3) is 0 Å². The Labute approximate surface area is 100.0 Å². The molecule has 1 aromatic rings. The van der Waals surface area contributed by atoms with Crippen LogP contribution < -0.4 is 5.32 Å². The van der Waals surface area contributed by atoms with Crippen LogP contribution in [0.3, 0.4) is 0 Å². The standard InChI is InChI=1S/C12H14FNO2S/c13-9-4-3-5-10-11(9)17(15,16)12(8-14-10)6-1-2-7-12/h3-5,14H,1-2,6-8H2. The first-order valence-electron chi connectivity index (χ1n) is 5.84. The molecular weight excluding hydrogens is 241 g/mol. The van der Waals surface area contributed by atoms with Gasteiger partial charge >= 0.3 is 0 Å². The first kappa shape index (κ1) is 11.0. The van der Waals surface area contributed by atoms with Crippen LogP contribution in [0.1, 0.15) is 25.7 Å². The van der Waals surface area contributed by atoms with Crippen molar-refractivity contribution in [2.24, 2.45) is 0 Å². The summed E-state index contributed by atoms with van der Waals surface area (Å²) in [6.07, 6.45) is 3.08. The second-order valence-corrected chi connectivity index (χ2v) is 7.14. The highest BCUT2D eigenvalue weighted by atomic mass is 32.2. The summed E-state index contributed by atoms with van der Waals surface area (Å²) < 4.78 is 38.1. The van der Waals surface area contributed by atoms with Crippen LogP contribution in [0, 0.1) is 5.82 Å². The molecule has 0 amide bonds. The molecule has 0 saturated heterocycles. The maximum atomic E-state index is 13.8. The maximum absolute atomic E-state index is 13.8. The predicted molar refractivity (Wildman–Crippen MR) is 63.3 cm³/mol. The van der Waals surface area contributed by atoms with Gasteiger partial charge in [0.2, 0.25) is 0 Å². The van der Waals surface area contributed by atoms with Crippen molar-refractivity contribution in [1.82, 2.24) is 0 Å². The Bertz CT molecular complexity index is 562. The summed E-state index contributed by atoms with van der Waals surface area (Å²) in [5.41, 5.74) is 0.405. The summed E-state index contributed by atoms with van der Waals surface area (Å²) in [6, 6.07) is 4.37. The Kier molecular flexibility index (Phi) is 2.23. The van der Waals surface area contributed by atoms with E-state index in [4.69, 9.17) is 0 Å². The molecule has 0 bridgehead atoms. The number of benzene rings is 1. The Hall–Kier alpha value is -1.10. The first-order chi connectivity index (χ1) is 8.07. The van der Waals surface area contributed by atoms with Crippen LogP contribution in [-0.4, -0.2) is 19.7 Å². The van der Waals surface area contributed by atoms with Crippen LogP contribution in [-0.2, 0) is 9.84 Å². The van der Waals surface area contributed by atoms with E-state index in [1.807, 2.05) is 0 Å². The van der Waals surface area contributed by atoms with Gasteiger partial charge in [-0.3, -0.25) is 0 Å². The van der Waals surface area contributed by atoms with Crippen LogP contribution in [0.4, 0.5) is 10.1 Å². The topological polar surface area (TPSA) is 46.2 Å². The molecule has 2 aliphatic rings. The summed E-state index contributed by atoms with van der Waals surface area (Å²) in [7, 11) is -3.55. The molecule has 1 aromatic carbocycles. The summed E-state index contributed by atoms with van der Waals surface area (Å²) >= 11 is 0. The molecule has 0 atom stereocenters. The number of halogens is 1. The third-order valence-electron chi connectivity index (χ3n) is 3.92. The molecule has 0 aromatic heterocycles. The zero-order valence-electron chi connectivity index (χ0n) is 9.37. The van der Waals surface area contributed by atoms with E-state index in [1.54, 1.807) is 6.07 Å². The van der Waals surface area contributed by atoms with Crippen LogP contribution >= 0.6 is 0 Å². The third kappa shape index (κ3) is 1.35. The highest BCUT2D eigenvalue weighted by Crippen LogP contribution is 2.46. The van der Waals surface area contributed by atoms with E-state index >= 15 is 0 Å². The van der Waals surface area contributed by atoms with Gasteiger partial charge in [-0.2, -0.15) is 0 Å². The molecule has 92 valence electrons. The SMILES string of the molecule is O=S1(=O)c2c(F)cccc2NCC12CCCC2. The molecule has 1 spiro atoms. The van der Waals surface area contributed by atoms with Crippen LogP contribution in [0.2, 0.25) is 0 Å². The summed E-state index contributed by atoms with van der Waals surface area (Å²) in [6.45, 7) is 0.409. The summed E-state index contributed by atoms with van der Waals surface area (Å²) in [5.74, 6) is -0.638. The van der Waals surface area contributed by atoms with Crippen molar-refractivity contribution in [2.75, 3.05) is 11.9 Å². The fourth-order valence-corrected chi connectivity index (χ4v) is 5.23. The fraction of sp³-hybridized carbons (Fsp3) is 0.500. The minimum atomic E-state index is -3.55. The lowest BCUT2D eigenvalue weighted by Crippen LogP contribution is -2.46. The minimum Gasteiger partial charge on any atom is -0.382 e. The third-order valence-corrected chi connectivity index (χ3v) is 6.57. The molecule has 1 aliphatic heterocycles. The van der Waals surface area contributed by atoms with E-state index in [1.165, 1.54) is 12.1 Å². The zero-order chi connectivity index (χ0) is 12.1. The second-order valence-electron chi connectivity index (χ2n) is 4.86. The van der Waals surface area contributed by atoms with Crippen LogP contribution in [0.15, 0.2) is 23.1 Å². The molecule has 1 heterocycles. The van der Waals surface area contributed by atoms with E-state index in [-0.39, 0.29) is 4.90 Å². The molecule has 1 saturated carbocycles. The smallest absolute Gasteiger partial charge is 0.190 e. The number of nitrogens with one attached hydrogen (secondary N) is 1. The van der Waals surface area contributed by atoms with Crippen molar-refractivity contribution in [1.29, 1.82) is 0 Å². The maximum Gasteiger partial charge on any atom is 0.190 e. The lowest BCUT2D eigenvalue weighted by molar-refractivity contribution is 0.503. The molecule has 0 radical (unpaired) electrons. The highest BCUT2D eigenvalue weighted by molar-refractivity contribution is 7.93. The number of rotatable bonds is 0. The Morgan fingerprint density at radius 2 is 1.94 bits per heavy atom. The van der Waals surface area contributed by atoms with Gasteiger partial charge in [-0.25, -0.2) is 12.8 Å². The number of sulfone groups is 1. The molecule has 1 N–H and O–H groups in total. The molecule has 3 nitrogen and oxygen atoms in total. The van der Waals surface area contributed by atoms with E-state index in [0.717, 1.165) is 12.8 Å². The van der Waals surface area contributed by atoms with Crippen LogP contribution in [0.5, 0.6) is 0 Å². The van der Waals surface area contributed by atoms with Gasteiger partial charge in [-0.1, -0.05) is 18.9 Å². The normalized spacial score (nSPS) is 24.3. The van der Waals surface area contributed by atoms with E-state index in [2.05, 4.69) is 5.32 Å². The van der Waals surface area contributed by atoms with Gasteiger partial charge in [-0.15, -0.1) is 0 Å². The molecular formula is C12H14FNO2S. The average molecular weight is 255 g/mol. The minimum absolute atomic E-state index is 0.131. The van der Waals surface area contributed by atoms with E-state index in [0.29, 0.717) is 25.1 Å². The summed E-state index contributed by atoms with van der Waals surface area (Å²) in [4.78, 5) is -0.131. The van der Waals surface area contributed by atoms with Crippen molar-refractivity contribution in [2.45, 2.75) is 35.3 Å². The number of anilines is 1. The van der Waals surface area contributed by atoms with Gasteiger partial charge in [-0.05, 0) is 25.0 Å². The van der Waals surface area contributed by atoms with Crippen molar-refractivity contribution in [3.8, 4) is 0 Å². The largest absolute Gasteiger partial charge is 0.382 e. The Morgan fingerprint density at radius 1 is 1.24 bits per heavy atom. The lowest BCUT2D eigenvalue weighted by Gasteiger charge is -2.35. The number of hydrogen-bond donors (Lipinski definition) is 1. The lowest BCUT2D eigenvalue weighted by atomic mass is 10.1. The molecule has 1 aliphatic carbocycles. The molecule has 3 rings (SSSR count). The van der Waals surface area contributed by atoms with Gasteiger partial charge in [0, 0.05) is 6.54 Å². The van der Waals surface area contributed by atoms with Crippen molar-refractivity contribution >= 4 is 15.5 Å². The van der Waals surface area contributed by atoms with E-state index in [9.17, 15) is 12.8 Å². The molecule has 1 fully saturated rings. The fourth-order valence-electron chi connectivity index (χ4n) is 2.95. The summed E-state index contributed by atoms with van der Waals surface area (Å²) in [5, 5.41) is 3.07. The van der Waals surface area contributed by atoms with Gasteiger partial charge in [0.1, 0.15) is 10.7 Å². The van der Waals surface area contributed by atoms with Crippen molar-refractivity contribution in [3.05, 3.63) is 24.0 Å². The monoisotopic (exact) mass is 255 g/mol. The van der Waals surface area contributed by atoms with E-state index < -0.39 is 20.4 Å². The Balaban J connectivity index is 2.24. The van der Waals surface area contributed by atoms with Crippen LogP contribution in [0.25, 0.3) is 0 Å². The average Bonchev–Trinajstić information content (AvgIpc) is 2.74. The zero-order valence-corrected chi connectivity index (χ0v) is 10.2. The van der Waals surface area contributed by atoms with Crippen molar-refractivity contribution in [3.63, 3.8) is 0 Å². The predicted octanol–water partition coefficient (Wildman–Crippen LogP) is 2.34. The number of hydrogen-bond acceptors (Lipinski definition) is 3. The quantitative estimate of drug-likeness (QED) is 0.774.